The third-order valence-electron chi connectivity index (χ3n) is 3.63. The average molecular weight is 240 g/mol. The molecule has 3 rings (SSSR count). The van der Waals surface area contributed by atoms with Gasteiger partial charge in [0.2, 0.25) is 5.91 Å². The van der Waals surface area contributed by atoms with Gasteiger partial charge >= 0.3 is 0 Å². The summed E-state index contributed by atoms with van der Waals surface area (Å²) in [4.78, 5) is 11.5. The highest BCUT2D eigenvalue weighted by Gasteiger charge is 2.39. The molecule has 18 heavy (non-hydrogen) atoms. The van der Waals surface area contributed by atoms with Gasteiger partial charge in [0.15, 0.2) is 0 Å². The Bertz CT molecular complexity index is 506. The van der Waals surface area contributed by atoms with Gasteiger partial charge in [0.05, 0.1) is 5.54 Å². The highest BCUT2D eigenvalue weighted by Crippen LogP contribution is 2.36. The smallest absolute Gasteiger partial charge is 0.235 e. The molecule has 0 bridgehead atoms. The van der Waals surface area contributed by atoms with Crippen LogP contribution in [0.25, 0.3) is 0 Å². The summed E-state index contributed by atoms with van der Waals surface area (Å²) in [6.45, 7) is 0.756. The molecular weight excluding hydrogens is 224 g/mol. The van der Waals surface area contributed by atoms with Crippen molar-refractivity contribution in [3.8, 4) is 0 Å². The third-order valence-corrected chi connectivity index (χ3v) is 3.63. The number of carbonyl (C=O) groups is 1. The molecule has 92 valence electrons. The van der Waals surface area contributed by atoms with Gasteiger partial charge in [0.25, 0.3) is 0 Å². The monoisotopic (exact) mass is 240 g/mol. The summed E-state index contributed by atoms with van der Waals surface area (Å²) in [6, 6.07) is 10.3. The summed E-state index contributed by atoms with van der Waals surface area (Å²) in [5.74, 6) is 0.105. The number of nitrogens with zero attached hydrogens (tertiary/aromatic N) is 1. The minimum atomic E-state index is -0.234. The minimum absolute atomic E-state index is 0.105. The van der Waals surface area contributed by atoms with E-state index in [1.165, 1.54) is 5.56 Å². The maximum absolute atomic E-state index is 11.5. The molecule has 1 heterocycles. The van der Waals surface area contributed by atoms with E-state index in [4.69, 9.17) is 0 Å². The number of hydrazine groups is 1. The number of hydrogen-bond donors (Lipinski definition) is 1. The largest absolute Gasteiger partial charge is 0.288 e. The number of allylic oxidation sites excluding steroid dienone is 2. The molecule has 1 amide bonds. The normalized spacial score (nSPS) is 27.4. The van der Waals surface area contributed by atoms with Crippen LogP contribution in [0.5, 0.6) is 0 Å². The molecule has 3 nitrogen and oxygen atoms in total. The summed E-state index contributed by atoms with van der Waals surface area (Å²) < 4.78 is 0. The van der Waals surface area contributed by atoms with Gasteiger partial charge in [-0.1, -0.05) is 54.6 Å². The molecule has 1 aliphatic heterocycles. The Labute approximate surface area is 107 Å². The lowest BCUT2D eigenvalue weighted by Crippen LogP contribution is -2.49. The van der Waals surface area contributed by atoms with Crippen LogP contribution in [0, 0.1) is 0 Å². The summed E-state index contributed by atoms with van der Waals surface area (Å²) in [5, 5.41) is 2.06. The predicted molar refractivity (Wildman–Crippen MR) is 70.5 cm³/mol. The molecule has 1 atom stereocenters. The number of rotatable bonds is 2. The van der Waals surface area contributed by atoms with Gasteiger partial charge in [-0.05, 0) is 12.0 Å². The van der Waals surface area contributed by atoms with Gasteiger partial charge in [-0.25, -0.2) is 5.01 Å². The van der Waals surface area contributed by atoms with E-state index in [1.807, 2.05) is 18.2 Å². The molecule has 0 radical (unpaired) electrons. The van der Waals surface area contributed by atoms with Gasteiger partial charge in [0.1, 0.15) is 0 Å². The standard InChI is InChI=1S/C15H16N2O/c18-14-9-12-17(16-14)15(10-5-2-6-11-15)13-7-3-1-4-8-13/h1-8,10H,9,11-12H2,(H,16,18). The topological polar surface area (TPSA) is 32.3 Å². The lowest BCUT2D eigenvalue weighted by molar-refractivity contribution is -0.122. The van der Waals surface area contributed by atoms with E-state index in [0.717, 1.165) is 13.0 Å². The Morgan fingerprint density at radius 1 is 1.17 bits per heavy atom. The quantitative estimate of drug-likeness (QED) is 0.859. The van der Waals surface area contributed by atoms with Gasteiger partial charge in [-0.3, -0.25) is 10.2 Å². The van der Waals surface area contributed by atoms with E-state index in [0.29, 0.717) is 6.42 Å². The van der Waals surface area contributed by atoms with E-state index in [2.05, 4.69) is 46.9 Å². The van der Waals surface area contributed by atoms with Crippen LogP contribution in [0.2, 0.25) is 0 Å². The molecule has 0 aromatic heterocycles. The van der Waals surface area contributed by atoms with Crippen LogP contribution in [0.4, 0.5) is 0 Å². The molecule has 3 heteroatoms. The van der Waals surface area contributed by atoms with Crippen molar-refractivity contribution < 1.29 is 4.79 Å². The van der Waals surface area contributed by atoms with Crippen molar-refractivity contribution in [1.82, 2.24) is 10.4 Å². The van der Waals surface area contributed by atoms with Crippen molar-refractivity contribution in [2.75, 3.05) is 6.54 Å². The Balaban J connectivity index is 2.02. The van der Waals surface area contributed by atoms with E-state index in [9.17, 15) is 4.79 Å². The van der Waals surface area contributed by atoms with Crippen molar-refractivity contribution in [2.24, 2.45) is 0 Å². The first-order valence-electron chi connectivity index (χ1n) is 6.28. The van der Waals surface area contributed by atoms with Crippen molar-refractivity contribution in [1.29, 1.82) is 0 Å². The Hall–Kier alpha value is -1.87. The van der Waals surface area contributed by atoms with Gasteiger partial charge < -0.3 is 0 Å². The fourth-order valence-corrected chi connectivity index (χ4v) is 2.68. The Kier molecular flexibility index (Phi) is 2.76. The Morgan fingerprint density at radius 2 is 2.00 bits per heavy atom. The van der Waals surface area contributed by atoms with E-state index >= 15 is 0 Å². The lowest BCUT2D eigenvalue weighted by Gasteiger charge is -2.40. The van der Waals surface area contributed by atoms with E-state index in [1.54, 1.807) is 0 Å². The van der Waals surface area contributed by atoms with Crippen molar-refractivity contribution in [2.45, 2.75) is 18.4 Å². The van der Waals surface area contributed by atoms with Gasteiger partial charge in [-0.2, -0.15) is 0 Å². The zero-order chi connectivity index (χ0) is 12.4. The van der Waals surface area contributed by atoms with Crippen LogP contribution < -0.4 is 5.43 Å². The van der Waals surface area contributed by atoms with Gasteiger partial charge in [0, 0.05) is 13.0 Å². The highest BCUT2D eigenvalue weighted by atomic mass is 16.2. The fraction of sp³-hybridized carbons (Fsp3) is 0.267. The van der Waals surface area contributed by atoms with Crippen LogP contribution in [-0.2, 0) is 10.3 Å². The van der Waals surface area contributed by atoms with Crippen LogP contribution in [0.1, 0.15) is 18.4 Å². The maximum Gasteiger partial charge on any atom is 0.235 e. The number of benzene rings is 1. The van der Waals surface area contributed by atoms with Crippen LogP contribution >= 0.6 is 0 Å². The van der Waals surface area contributed by atoms with Crippen LogP contribution in [0.15, 0.2) is 54.6 Å². The van der Waals surface area contributed by atoms with Crippen molar-refractivity contribution in [3.63, 3.8) is 0 Å². The highest BCUT2D eigenvalue weighted by molar-refractivity contribution is 5.77. The average Bonchev–Trinajstić information content (AvgIpc) is 2.88. The molecule has 1 fully saturated rings. The maximum atomic E-state index is 11.5. The molecule has 1 unspecified atom stereocenters. The van der Waals surface area contributed by atoms with Crippen LogP contribution in [-0.4, -0.2) is 17.5 Å². The van der Waals surface area contributed by atoms with E-state index < -0.39 is 0 Å². The molecule has 0 spiro atoms. The van der Waals surface area contributed by atoms with Crippen molar-refractivity contribution >= 4 is 5.91 Å². The zero-order valence-corrected chi connectivity index (χ0v) is 10.2. The van der Waals surface area contributed by atoms with Crippen LogP contribution in [0.3, 0.4) is 0 Å². The second kappa shape index (κ2) is 4.42. The second-order valence-electron chi connectivity index (χ2n) is 4.72. The fourth-order valence-electron chi connectivity index (χ4n) is 2.68. The van der Waals surface area contributed by atoms with E-state index in [-0.39, 0.29) is 11.4 Å². The zero-order valence-electron chi connectivity index (χ0n) is 10.2. The SMILES string of the molecule is O=C1CCN(C2(c3ccccc3)C=CC=CC2)N1. The molecule has 1 aromatic carbocycles. The molecule has 1 aromatic rings. The number of carbonyl (C=O) groups excluding carboxylic acids is 1. The summed E-state index contributed by atoms with van der Waals surface area (Å²) >= 11 is 0. The number of nitrogens with one attached hydrogen (secondary N) is 1. The first-order valence-corrected chi connectivity index (χ1v) is 6.28. The summed E-state index contributed by atoms with van der Waals surface area (Å²) in [5.41, 5.74) is 3.95. The molecule has 1 saturated heterocycles. The predicted octanol–water partition coefficient (Wildman–Crippen LogP) is 2.13. The first kappa shape index (κ1) is 11.2. The number of amides is 1. The first-order chi connectivity index (χ1) is 8.81. The summed E-state index contributed by atoms with van der Waals surface area (Å²) in [6.07, 6.45) is 9.89. The second-order valence-corrected chi connectivity index (χ2v) is 4.72. The molecule has 0 saturated carbocycles. The molecule has 1 N–H and O–H groups in total. The Morgan fingerprint density at radius 3 is 2.61 bits per heavy atom. The molecule has 2 aliphatic rings. The molecule has 1 aliphatic carbocycles. The third kappa shape index (κ3) is 1.77. The lowest BCUT2D eigenvalue weighted by atomic mass is 9.83. The summed E-state index contributed by atoms with van der Waals surface area (Å²) in [7, 11) is 0. The minimum Gasteiger partial charge on any atom is -0.288 e. The van der Waals surface area contributed by atoms with Crippen molar-refractivity contribution in [3.05, 3.63) is 60.2 Å². The number of hydrogen-bond acceptors (Lipinski definition) is 2. The van der Waals surface area contributed by atoms with Gasteiger partial charge in [-0.15, -0.1) is 0 Å². The molecular formula is C15H16N2O.